The Kier molecular flexibility index (Phi) is 4.02. The molecule has 1 aromatic carbocycles. The SMILES string of the molecule is O=NC(=O)C1=C(c2ccccc2)C(N2CCCC2)C(=O)C=N1. The van der Waals surface area contributed by atoms with Gasteiger partial charge < -0.3 is 0 Å². The number of carbonyl (C=O) groups is 2. The summed E-state index contributed by atoms with van der Waals surface area (Å²) in [6.45, 7) is 1.58. The smallest absolute Gasteiger partial charge is 0.291 e. The number of nitroso groups, excluding NO2 is 1. The molecule has 22 heavy (non-hydrogen) atoms. The Balaban J connectivity index is 2.16. The molecule has 0 bridgehead atoms. The maximum absolute atomic E-state index is 12.4. The first kappa shape index (κ1) is 14.5. The van der Waals surface area contributed by atoms with Crippen LogP contribution in [0, 0.1) is 4.91 Å². The number of aliphatic imine (C=N–C) groups is 1. The van der Waals surface area contributed by atoms with Crippen molar-refractivity contribution in [3.8, 4) is 0 Å². The van der Waals surface area contributed by atoms with Gasteiger partial charge in [0.25, 0.3) is 0 Å². The van der Waals surface area contributed by atoms with Crippen LogP contribution in [0.3, 0.4) is 0 Å². The van der Waals surface area contributed by atoms with Crippen molar-refractivity contribution in [2.75, 3.05) is 13.1 Å². The van der Waals surface area contributed by atoms with Gasteiger partial charge in [-0.25, -0.2) is 4.99 Å². The highest BCUT2D eigenvalue weighted by molar-refractivity contribution is 6.36. The van der Waals surface area contributed by atoms with Gasteiger partial charge in [0, 0.05) is 10.7 Å². The van der Waals surface area contributed by atoms with Crippen LogP contribution in [0.25, 0.3) is 5.57 Å². The monoisotopic (exact) mass is 297 g/mol. The third kappa shape index (κ3) is 2.53. The molecule has 1 fully saturated rings. The normalized spacial score (nSPS) is 22.2. The van der Waals surface area contributed by atoms with E-state index in [2.05, 4.69) is 10.2 Å². The third-order valence-corrected chi connectivity index (χ3v) is 4.00. The number of amides is 1. The topological polar surface area (TPSA) is 79.2 Å². The van der Waals surface area contributed by atoms with E-state index >= 15 is 0 Å². The molecule has 0 aliphatic carbocycles. The molecule has 3 rings (SSSR count). The second-order valence-electron chi connectivity index (χ2n) is 5.33. The molecular formula is C16H15N3O3. The number of nitrogens with zero attached hydrogens (tertiary/aromatic N) is 3. The van der Waals surface area contributed by atoms with Crippen molar-refractivity contribution < 1.29 is 9.59 Å². The van der Waals surface area contributed by atoms with Crippen LogP contribution >= 0.6 is 0 Å². The molecule has 1 saturated heterocycles. The van der Waals surface area contributed by atoms with Crippen LogP contribution < -0.4 is 0 Å². The van der Waals surface area contributed by atoms with Crippen LogP contribution in [-0.4, -0.2) is 41.9 Å². The highest BCUT2D eigenvalue weighted by Crippen LogP contribution is 2.32. The quantitative estimate of drug-likeness (QED) is 0.797. The van der Waals surface area contributed by atoms with E-state index in [9.17, 15) is 14.5 Å². The largest absolute Gasteiger partial charge is 0.335 e. The molecule has 0 spiro atoms. The fourth-order valence-electron chi connectivity index (χ4n) is 3.03. The van der Waals surface area contributed by atoms with Crippen molar-refractivity contribution >= 4 is 23.5 Å². The number of hydrogen-bond donors (Lipinski definition) is 0. The molecule has 0 radical (unpaired) electrons. The molecule has 1 aromatic rings. The minimum atomic E-state index is -0.938. The van der Waals surface area contributed by atoms with E-state index in [1.165, 1.54) is 0 Å². The van der Waals surface area contributed by atoms with Gasteiger partial charge in [0.15, 0.2) is 5.78 Å². The molecule has 2 heterocycles. The fourth-order valence-corrected chi connectivity index (χ4v) is 3.03. The van der Waals surface area contributed by atoms with Crippen LogP contribution in [0.5, 0.6) is 0 Å². The number of ketones is 1. The lowest BCUT2D eigenvalue weighted by atomic mass is 9.90. The van der Waals surface area contributed by atoms with Gasteiger partial charge in [0.2, 0.25) is 0 Å². The lowest BCUT2D eigenvalue weighted by molar-refractivity contribution is -0.115. The molecule has 0 N–H and O–H groups in total. The summed E-state index contributed by atoms with van der Waals surface area (Å²) in [5, 5.41) is 2.48. The van der Waals surface area contributed by atoms with E-state index in [0.29, 0.717) is 5.57 Å². The van der Waals surface area contributed by atoms with Gasteiger partial charge in [0.05, 0.1) is 6.21 Å². The average Bonchev–Trinajstić information content (AvgIpc) is 3.08. The summed E-state index contributed by atoms with van der Waals surface area (Å²) in [5.74, 6) is -1.10. The lowest BCUT2D eigenvalue weighted by Gasteiger charge is -2.30. The second-order valence-corrected chi connectivity index (χ2v) is 5.33. The summed E-state index contributed by atoms with van der Waals surface area (Å²) in [6.07, 6.45) is 3.16. The van der Waals surface area contributed by atoms with Crippen molar-refractivity contribution in [2.45, 2.75) is 18.9 Å². The molecule has 0 aromatic heterocycles. The van der Waals surface area contributed by atoms with Crippen LogP contribution in [0.2, 0.25) is 0 Å². The van der Waals surface area contributed by atoms with Crippen LogP contribution in [0.15, 0.2) is 46.2 Å². The Hall–Kier alpha value is -2.47. The van der Waals surface area contributed by atoms with Crippen molar-refractivity contribution in [1.29, 1.82) is 0 Å². The predicted molar refractivity (Wildman–Crippen MR) is 82.3 cm³/mol. The zero-order valence-corrected chi connectivity index (χ0v) is 11.9. The summed E-state index contributed by atoms with van der Waals surface area (Å²) in [5.41, 5.74) is 1.17. The lowest BCUT2D eigenvalue weighted by Crippen LogP contribution is -2.43. The maximum atomic E-state index is 12.4. The number of likely N-dealkylation sites (tertiary alicyclic amines) is 1. The summed E-state index contributed by atoms with van der Waals surface area (Å²) >= 11 is 0. The first-order chi connectivity index (χ1) is 10.7. The van der Waals surface area contributed by atoms with E-state index < -0.39 is 11.9 Å². The molecule has 112 valence electrons. The van der Waals surface area contributed by atoms with E-state index in [0.717, 1.165) is 37.7 Å². The molecule has 0 saturated carbocycles. The molecule has 6 nitrogen and oxygen atoms in total. The van der Waals surface area contributed by atoms with Crippen LogP contribution in [-0.2, 0) is 9.59 Å². The zero-order chi connectivity index (χ0) is 15.5. The van der Waals surface area contributed by atoms with Gasteiger partial charge in [-0.3, -0.25) is 14.5 Å². The zero-order valence-electron chi connectivity index (χ0n) is 11.9. The molecule has 1 unspecified atom stereocenters. The van der Waals surface area contributed by atoms with Crippen LogP contribution in [0.4, 0.5) is 0 Å². The van der Waals surface area contributed by atoms with Crippen molar-refractivity contribution in [2.24, 2.45) is 10.2 Å². The van der Waals surface area contributed by atoms with E-state index in [-0.39, 0.29) is 11.5 Å². The Morgan fingerprint density at radius 2 is 1.86 bits per heavy atom. The summed E-state index contributed by atoms with van der Waals surface area (Å²) in [6, 6.07) is 8.55. The highest BCUT2D eigenvalue weighted by Gasteiger charge is 2.37. The van der Waals surface area contributed by atoms with Gasteiger partial charge in [-0.15, -0.1) is 4.91 Å². The molecular weight excluding hydrogens is 282 g/mol. The van der Waals surface area contributed by atoms with E-state index in [1.54, 1.807) is 0 Å². The second kappa shape index (κ2) is 6.11. The molecule has 1 amide bonds. The number of rotatable bonds is 3. The van der Waals surface area contributed by atoms with Gasteiger partial charge in [-0.2, -0.15) is 0 Å². The van der Waals surface area contributed by atoms with E-state index in [4.69, 9.17) is 0 Å². The summed E-state index contributed by atoms with van der Waals surface area (Å²) < 4.78 is 0. The Morgan fingerprint density at radius 3 is 2.50 bits per heavy atom. The summed E-state index contributed by atoms with van der Waals surface area (Å²) in [4.78, 5) is 40.8. The highest BCUT2D eigenvalue weighted by atomic mass is 16.3. The van der Waals surface area contributed by atoms with Gasteiger partial charge in [-0.05, 0) is 31.5 Å². The molecule has 2 aliphatic heterocycles. The number of benzene rings is 1. The molecule has 2 aliphatic rings. The fraction of sp³-hybridized carbons (Fsp3) is 0.312. The van der Waals surface area contributed by atoms with Gasteiger partial charge in [0.1, 0.15) is 11.7 Å². The maximum Gasteiger partial charge on any atom is 0.335 e. The molecule has 6 heteroatoms. The minimum absolute atomic E-state index is 0.0299. The predicted octanol–water partition coefficient (Wildman–Crippen LogP) is 1.81. The Morgan fingerprint density at radius 1 is 1.18 bits per heavy atom. The van der Waals surface area contributed by atoms with Crippen LogP contribution in [0.1, 0.15) is 18.4 Å². The Labute approximate surface area is 127 Å². The van der Waals surface area contributed by atoms with Gasteiger partial charge in [-0.1, -0.05) is 30.3 Å². The van der Waals surface area contributed by atoms with Gasteiger partial charge >= 0.3 is 5.91 Å². The average molecular weight is 297 g/mol. The third-order valence-electron chi connectivity index (χ3n) is 4.00. The summed E-state index contributed by atoms with van der Waals surface area (Å²) in [7, 11) is 0. The van der Waals surface area contributed by atoms with Crippen molar-refractivity contribution in [3.05, 3.63) is 46.5 Å². The van der Waals surface area contributed by atoms with Crippen molar-refractivity contribution in [3.63, 3.8) is 0 Å². The number of hydrogen-bond acceptors (Lipinski definition) is 5. The minimum Gasteiger partial charge on any atom is -0.291 e. The first-order valence-electron chi connectivity index (χ1n) is 7.21. The van der Waals surface area contributed by atoms with Crippen molar-refractivity contribution in [1.82, 2.24) is 4.90 Å². The molecule has 1 atom stereocenters. The first-order valence-corrected chi connectivity index (χ1v) is 7.21. The Bertz CT molecular complexity index is 673. The van der Waals surface area contributed by atoms with E-state index in [1.807, 2.05) is 35.2 Å². The number of carbonyl (C=O) groups excluding carboxylic acids is 2. The standard InChI is InChI=1S/C16H15N3O3/c20-12-10-17-14(16(21)18-22)13(11-6-2-1-3-7-11)15(12)19-8-4-5-9-19/h1-3,6-7,10,15H,4-5,8-9H2. The number of Topliss-reactive ketones (excluding diaryl/α,β-unsaturated/α-hetero) is 1.